The molecule has 2 heterocycles. The van der Waals surface area contributed by atoms with Gasteiger partial charge in [-0.3, -0.25) is 9.36 Å². The third kappa shape index (κ3) is 6.05. The number of halogens is 1. The second-order valence-electron chi connectivity index (χ2n) is 10.2. The van der Waals surface area contributed by atoms with E-state index >= 15 is 0 Å². The van der Waals surface area contributed by atoms with Gasteiger partial charge in [0.1, 0.15) is 12.6 Å². The van der Waals surface area contributed by atoms with Crippen molar-refractivity contribution in [3.63, 3.8) is 0 Å². The number of benzene rings is 3. The predicted molar refractivity (Wildman–Crippen MR) is 165 cm³/mol. The molecular formula is C33H31ClN2O5S. The van der Waals surface area contributed by atoms with Crippen molar-refractivity contribution in [3.05, 3.63) is 125 Å². The fraction of sp³-hybridized carbons (Fsp3) is 0.242. The average Bonchev–Trinajstić information content (AvgIpc) is 3.25. The molecule has 0 saturated heterocycles. The number of hydrogen-bond donors (Lipinski definition) is 0. The average molecular weight is 603 g/mol. The zero-order chi connectivity index (χ0) is 30.0. The van der Waals surface area contributed by atoms with Gasteiger partial charge < -0.3 is 14.2 Å². The molecule has 0 spiro atoms. The summed E-state index contributed by atoms with van der Waals surface area (Å²) in [6, 6.07) is 20.0. The Labute approximate surface area is 253 Å². The van der Waals surface area contributed by atoms with Gasteiger partial charge in [0.25, 0.3) is 5.56 Å². The van der Waals surface area contributed by atoms with E-state index in [-0.39, 0.29) is 17.2 Å². The lowest BCUT2D eigenvalue weighted by Gasteiger charge is -2.26. The topological polar surface area (TPSA) is 79.1 Å². The number of allylic oxidation sites excluding steroid dienone is 1. The Balaban J connectivity index is 1.55. The number of carbonyl (C=O) groups excluding carboxylic acids is 1. The van der Waals surface area contributed by atoms with Crippen LogP contribution in [0.4, 0.5) is 0 Å². The van der Waals surface area contributed by atoms with Gasteiger partial charge in [0.2, 0.25) is 0 Å². The molecule has 5 rings (SSSR count). The first-order chi connectivity index (χ1) is 20.2. The van der Waals surface area contributed by atoms with Crippen molar-refractivity contribution in [2.24, 2.45) is 4.99 Å². The Morgan fingerprint density at radius 2 is 1.86 bits per heavy atom. The molecule has 9 heteroatoms. The maximum absolute atomic E-state index is 13.9. The van der Waals surface area contributed by atoms with Gasteiger partial charge in [-0.15, -0.1) is 0 Å². The van der Waals surface area contributed by atoms with E-state index in [1.54, 1.807) is 46.1 Å². The molecule has 1 aromatic heterocycles. The van der Waals surface area contributed by atoms with Crippen LogP contribution in [0.25, 0.3) is 6.08 Å². The second-order valence-corrected chi connectivity index (χ2v) is 11.7. The molecule has 0 amide bonds. The van der Waals surface area contributed by atoms with Crippen molar-refractivity contribution in [1.29, 1.82) is 0 Å². The van der Waals surface area contributed by atoms with E-state index in [2.05, 4.69) is 11.1 Å². The Bertz CT molecular complexity index is 1870. The van der Waals surface area contributed by atoms with Crippen LogP contribution < -0.4 is 24.4 Å². The van der Waals surface area contributed by atoms with E-state index < -0.39 is 12.0 Å². The van der Waals surface area contributed by atoms with E-state index in [4.69, 9.17) is 25.8 Å². The van der Waals surface area contributed by atoms with E-state index in [0.29, 0.717) is 43.7 Å². The van der Waals surface area contributed by atoms with Crippen LogP contribution in [0.15, 0.2) is 87.8 Å². The van der Waals surface area contributed by atoms with Crippen molar-refractivity contribution in [2.45, 2.75) is 46.4 Å². The van der Waals surface area contributed by atoms with Crippen molar-refractivity contribution in [1.82, 2.24) is 4.57 Å². The number of nitrogens with zero attached hydrogens (tertiary/aromatic N) is 2. The first kappa shape index (κ1) is 29.4. The molecule has 3 aromatic carbocycles. The molecule has 0 N–H and O–H groups in total. The van der Waals surface area contributed by atoms with Crippen LogP contribution in [-0.4, -0.2) is 23.8 Å². The lowest BCUT2D eigenvalue weighted by Crippen LogP contribution is -2.40. The summed E-state index contributed by atoms with van der Waals surface area (Å²) in [4.78, 5) is 32.3. The summed E-state index contributed by atoms with van der Waals surface area (Å²) in [7, 11) is 1.58. The minimum absolute atomic E-state index is 0.285. The first-order valence-electron chi connectivity index (χ1n) is 13.5. The van der Waals surface area contributed by atoms with Gasteiger partial charge in [0.15, 0.2) is 16.3 Å². The van der Waals surface area contributed by atoms with Crippen LogP contribution in [0.1, 0.15) is 49.1 Å². The van der Waals surface area contributed by atoms with Gasteiger partial charge in [-0.1, -0.05) is 77.0 Å². The second kappa shape index (κ2) is 12.4. The molecule has 216 valence electrons. The van der Waals surface area contributed by atoms with E-state index in [0.717, 1.165) is 16.7 Å². The Morgan fingerprint density at radius 1 is 1.07 bits per heavy atom. The molecule has 1 unspecified atom stereocenters. The summed E-state index contributed by atoms with van der Waals surface area (Å²) in [6.07, 6.45) is 1.44. The molecule has 1 atom stereocenters. The summed E-state index contributed by atoms with van der Waals surface area (Å²) in [5.74, 6) is 0.615. The number of hydrogen-bond acceptors (Lipinski definition) is 7. The van der Waals surface area contributed by atoms with Gasteiger partial charge in [-0.2, -0.15) is 0 Å². The SMILES string of the molecule is COc1cc(C=c2sc3n(c2=O)C(c2ccccc2Cl)C(C(=O)OC(C)C)=C(C)N=3)ccc1OCc1cccc(C)c1. The van der Waals surface area contributed by atoms with Gasteiger partial charge in [-0.25, -0.2) is 9.79 Å². The normalized spacial score (nSPS) is 14.9. The quantitative estimate of drug-likeness (QED) is 0.241. The smallest absolute Gasteiger partial charge is 0.338 e. The van der Waals surface area contributed by atoms with Crippen LogP contribution in [0.5, 0.6) is 11.5 Å². The maximum atomic E-state index is 13.9. The number of thiazole rings is 1. The molecule has 0 bridgehead atoms. The van der Waals surface area contributed by atoms with Crippen LogP contribution in [0.2, 0.25) is 5.02 Å². The summed E-state index contributed by atoms with van der Waals surface area (Å²) >= 11 is 7.85. The van der Waals surface area contributed by atoms with Crippen molar-refractivity contribution < 1.29 is 19.0 Å². The highest BCUT2D eigenvalue weighted by Gasteiger charge is 2.34. The van der Waals surface area contributed by atoms with E-state index in [9.17, 15) is 9.59 Å². The fourth-order valence-electron chi connectivity index (χ4n) is 4.86. The van der Waals surface area contributed by atoms with Crippen molar-refractivity contribution in [3.8, 4) is 11.5 Å². The van der Waals surface area contributed by atoms with Gasteiger partial charge in [-0.05, 0) is 68.7 Å². The molecule has 0 fully saturated rings. The minimum Gasteiger partial charge on any atom is -0.493 e. The fourth-order valence-corrected chi connectivity index (χ4v) is 6.14. The number of ether oxygens (including phenoxy) is 3. The van der Waals surface area contributed by atoms with Crippen LogP contribution in [0, 0.1) is 6.92 Å². The summed E-state index contributed by atoms with van der Waals surface area (Å²) in [6.45, 7) is 7.75. The molecule has 1 aliphatic rings. The number of aryl methyl sites for hydroxylation is 1. The van der Waals surface area contributed by atoms with Crippen LogP contribution >= 0.6 is 22.9 Å². The molecule has 7 nitrogen and oxygen atoms in total. The molecule has 1 aliphatic heterocycles. The van der Waals surface area contributed by atoms with E-state index in [1.165, 1.54) is 15.9 Å². The molecular weight excluding hydrogens is 572 g/mol. The monoisotopic (exact) mass is 602 g/mol. The lowest BCUT2D eigenvalue weighted by atomic mass is 9.96. The Kier molecular flexibility index (Phi) is 8.66. The minimum atomic E-state index is -0.782. The number of fused-ring (bicyclic) bond motifs is 1. The van der Waals surface area contributed by atoms with E-state index in [1.807, 2.05) is 55.5 Å². The molecule has 42 heavy (non-hydrogen) atoms. The summed E-state index contributed by atoms with van der Waals surface area (Å²) in [5, 5.41) is 0.438. The lowest BCUT2D eigenvalue weighted by molar-refractivity contribution is -0.143. The highest BCUT2D eigenvalue weighted by Crippen LogP contribution is 2.35. The highest BCUT2D eigenvalue weighted by atomic mass is 35.5. The third-order valence-corrected chi connectivity index (χ3v) is 8.07. The number of esters is 1. The largest absolute Gasteiger partial charge is 0.493 e. The standard InChI is InChI=1S/C33H31ClN2O5S/c1-19(2)41-32(38)29-21(4)35-33-36(30(29)24-11-6-7-12-25(24)34)31(37)28(42-33)17-22-13-14-26(27(16-22)39-5)40-18-23-10-8-9-20(3)15-23/h6-17,19,30H,18H2,1-5H3. The third-order valence-electron chi connectivity index (χ3n) is 6.75. The van der Waals surface area contributed by atoms with Crippen LogP contribution in [-0.2, 0) is 16.1 Å². The maximum Gasteiger partial charge on any atom is 0.338 e. The zero-order valence-corrected chi connectivity index (χ0v) is 25.6. The molecule has 0 saturated carbocycles. The summed E-state index contributed by atoms with van der Waals surface area (Å²) in [5.41, 5.74) is 4.07. The van der Waals surface area contributed by atoms with Gasteiger partial charge in [0, 0.05) is 5.02 Å². The Morgan fingerprint density at radius 3 is 2.57 bits per heavy atom. The van der Waals surface area contributed by atoms with Crippen LogP contribution in [0.3, 0.4) is 0 Å². The first-order valence-corrected chi connectivity index (χ1v) is 14.7. The number of aromatic nitrogens is 1. The number of carbonyl (C=O) groups is 1. The molecule has 0 radical (unpaired) electrons. The molecule has 0 aliphatic carbocycles. The van der Waals surface area contributed by atoms with Gasteiger partial charge >= 0.3 is 5.97 Å². The number of rotatable bonds is 8. The Hall–Kier alpha value is -4.14. The van der Waals surface area contributed by atoms with Gasteiger partial charge in [0.05, 0.1) is 29.0 Å². The zero-order valence-electron chi connectivity index (χ0n) is 24.0. The number of methoxy groups -OCH3 is 1. The predicted octanol–water partition coefficient (Wildman–Crippen LogP) is 5.74. The summed E-state index contributed by atoms with van der Waals surface area (Å²) < 4.78 is 19.2. The van der Waals surface area contributed by atoms with Crippen molar-refractivity contribution in [2.75, 3.05) is 7.11 Å². The molecule has 4 aromatic rings. The van der Waals surface area contributed by atoms with Crippen molar-refractivity contribution >= 4 is 35.0 Å². The highest BCUT2D eigenvalue weighted by molar-refractivity contribution is 7.07.